The highest BCUT2D eigenvalue weighted by Gasteiger charge is 2.30. The first-order valence-electron chi connectivity index (χ1n) is 7.18. The molecule has 4 nitrogen and oxygen atoms in total. The summed E-state index contributed by atoms with van der Waals surface area (Å²) in [6, 6.07) is 10.9. The zero-order valence-electron chi connectivity index (χ0n) is 13.4. The highest BCUT2D eigenvalue weighted by Crippen LogP contribution is 2.31. The number of benzene rings is 2. The number of nitrogens with one attached hydrogen (secondary N) is 1. The monoisotopic (exact) mass is 424 g/mol. The Balaban J connectivity index is 2.31. The molecule has 0 aliphatic rings. The molecule has 8 heteroatoms. The third kappa shape index (κ3) is 4.86. The van der Waals surface area contributed by atoms with Gasteiger partial charge in [0.15, 0.2) is 0 Å². The Kier molecular flexibility index (Phi) is 6.05. The van der Waals surface area contributed by atoms with Crippen molar-refractivity contribution in [2.75, 3.05) is 12.4 Å². The number of ether oxygens (including phenoxy) is 1. The first-order chi connectivity index (χ1) is 12.2. The minimum Gasteiger partial charge on any atom is -0.496 e. The number of halogens is 4. The first kappa shape index (κ1) is 19.5. The summed E-state index contributed by atoms with van der Waals surface area (Å²) in [6.07, 6.45) is -3.23. The summed E-state index contributed by atoms with van der Waals surface area (Å²) in [7, 11) is 1.44. The number of nitriles is 1. The summed E-state index contributed by atoms with van der Waals surface area (Å²) in [4.78, 5) is 12.3. The Labute approximate surface area is 156 Å². The smallest absolute Gasteiger partial charge is 0.416 e. The van der Waals surface area contributed by atoms with E-state index < -0.39 is 17.6 Å². The molecule has 0 unspecified atom stereocenters. The Bertz CT molecular complexity index is 902. The largest absolute Gasteiger partial charge is 0.496 e. The fourth-order valence-electron chi connectivity index (χ4n) is 2.09. The van der Waals surface area contributed by atoms with Crippen molar-refractivity contribution in [1.82, 2.24) is 0 Å². The molecule has 0 aliphatic carbocycles. The summed E-state index contributed by atoms with van der Waals surface area (Å²) < 4.78 is 44.1. The van der Waals surface area contributed by atoms with Crippen LogP contribution < -0.4 is 10.1 Å². The topological polar surface area (TPSA) is 62.1 Å². The van der Waals surface area contributed by atoms with Gasteiger partial charge in [-0.15, -0.1) is 0 Å². The van der Waals surface area contributed by atoms with Crippen molar-refractivity contribution in [1.29, 1.82) is 5.26 Å². The van der Waals surface area contributed by atoms with Crippen molar-refractivity contribution in [2.45, 2.75) is 6.18 Å². The summed E-state index contributed by atoms with van der Waals surface area (Å²) >= 11 is 3.28. The summed E-state index contributed by atoms with van der Waals surface area (Å²) in [5, 5.41) is 11.5. The quantitative estimate of drug-likeness (QED) is 0.553. The molecule has 134 valence electrons. The molecule has 0 radical (unpaired) electrons. The van der Waals surface area contributed by atoms with Crippen LogP contribution in [0.4, 0.5) is 18.9 Å². The van der Waals surface area contributed by atoms with Gasteiger partial charge in [-0.25, -0.2) is 0 Å². The third-order valence-corrected chi connectivity index (χ3v) is 3.80. The molecule has 1 N–H and O–H groups in total. The van der Waals surface area contributed by atoms with Crippen molar-refractivity contribution in [3.8, 4) is 11.8 Å². The second kappa shape index (κ2) is 8.06. The van der Waals surface area contributed by atoms with E-state index in [-0.39, 0.29) is 11.3 Å². The van der Waals surface area contributed by atoms with Crippen LogP contribution in [-0.4, -0.2) is 13.0 Å². The van der Waals surface area contributed by atoms with Crippen LogP contribution >= 0.6 is 15.9 Å². The Morgan fingerprint density at radius 3 is 2.62 bits per heavy atom. The molecule has 0 aromatic heterocycles. The van der Waals surface area contributed by atoms with E-state index in [0.717, 1.165) is 12.1 Å². The van der Waals surface area contributed by atoms with Crippen LogP contribution in [0.5, 0.6) is 5.75 Å². The molecule has 2 rings (SSSR count). The minimum absolute atomic E-state index is 0.0628. The van der Waals surface area contributed by atoms with Crippen molar-refractivity contribution < 1.29 is 22.7 Å². The van der Waals surface area contributed by atoms with E-state index in [1.807, 2.05) is 0 Å². The van der Waals surface area contributed by atoms with E-state index in [0.29, 0.717) is 15.8 Å². The lowest BCUT2D eigenvalue weighted by Crippen LogP contribution is -2.14. The molecule has 0 saturated heterocycles. The van der Waals surface area contributed by atoms with Gasteiger partial charge in [0.2, 0.25) is 0 Å². The molecule has 0 atom stereocenters. The standard InChI is InChI=1S/C18H12BrF3N2O2/c1-26-16-6-5-14(19)8-11(16)7-12(10-23)17(25)24-15-4-2-3-13(9-15)18(20,21)22/h2-9H,1H3,(H,24,25)/b12-7+. The van der Waals surface area contributed by atoms with Crippen molar-refractivity contribution in [2.24, 2.45) is 0 Å². The van der Waals surface area contributed by atoms with Gasteiger partial charge in [-0.05, 0) is 42.5 Å². The minimum atomic E-state index is -4.53. The Morgan fingerprint density at radius 2 is 2.00 bits per heavy atom. The van der Waals surface area contributed by atoms with Crippen molar-refractivity contribution in [3.63, 3.8) is 0 Å². The van der Waals surface area contributed by atoms with E-state index in [2.05, 4.69) is 21.2 Å². The number of methoxy groups -OCH3 is 1. The lowest BCUT2D eigenvalue weighted by Gasteiger charge is -2.10. The number of hydrogen-bond acceptors (Lipinski definition) is 3. The molecule has 0 bridgehead atoms. The van der Waals surface area contributed by atoms with Gasteiger partial charge in [0.05, 0.1) is 12.7 Å². The van der Waals surface area contributed by atoms with E-state index in [4.69, 9.17) is 4.74 Å². The normalized spacial score (nSPS) is 11.6. The molecule has 0 aliphatic heterocycles. The van der Waals surface area contributed by atoms with Crippen molar-refractivity contribution >= 4 is 33.6 Å². The number of amides is 1. The summed E-state index contributed by atoms with van der Waals surface area (Å²) in [5.74, 6) is -0.387. The maximum absolute atomic E-state index is 12.7. The Hall–Kier alpha value is -2.79. The van der Waals surface area contributed by atoms with Crippen LogP contribution in [0.1, 0.15) is 11.1 Å². The number of rotatable bonds is 4. The van der Waals surface area contributed by atoms with E-state index >= 15 is 0 Å². The van der Waals surface area contributed by atoms with E-state index in [9.17, 15) is 23.2 Å². The third-order valence-electron chi connectivity index (χ3n) is 3.30. The maximum Gasteiger partial charge on any atom is 0.416 e. The molecule has 0 fully saturated rings. The Morgan fingerprint density at radius 1 is 1.27 bits per heavy atom. The second-order valence-corrected chi connectivity index (χ2v) is 6.00. The molecule has 26 heavy (non-hydrogen) atoms. The number of carbonyl (C=O) groups excluding carboxylic acids is 1. The van der Waals surface area contributed by atoms with Gasteiger partial charge in [-0.1, -0.05) is 22.0 Å². The molecule has 2 aromatic carbocycles. The van der Waals surface area contributed by atoms with Crippen LogP contribution in [0, 0.1) is 11.3 Å². The van der Waals surface area contributed by atoms with Gasteiger partial charge in [0, 0.05) is 15.7 Å². The molecule has 0 saturated carbocycles. The van der Waals surface area contributed by atoms with Crippen LogP contribution in [0.2, 0.25) is 0 Å². The molecular formula is C18H12BrF3N2O2. The average Bonchev–Trinajstić information content (AvgIpc) is 2.59. The maximum atomic E-state index is 12.7. The van der Waals surface area contributed by atoms with E-state index in [1.54, 1.807) is 24.3 Å². The number of anilines is 1. The first-order valence-corrected chi connectivity index (χ1v) is 7.98. The van der Waals surface area contributed by atoms with E-state index in [1.165, 1.54) is 25.3 Å². The molecular weight excluding hydrogens is 413 g/mol. The SMILES string of the molecule is COc1ccc(Br)cc1/C=C(\C#N)C(=O)Nc1cccc(C(F)(F)F)c1. The zero-order chi connectivity index (χ0) is 19.3. The molecule has 0 heterocycles. The van der Waals surface area contributed by atoms with Gasteiger partial charge in [0.25, 0.3) is 5.91 Å². The van der Waals surface area contributed by atoms with Crippen molar-refractivity contribution in [3.05, 3.63) is 63.6 Å². The zero-order valence-corrected chi connectivity index (χ0v) is 15.0. The average molecular weight is 425 g/mol. The molecule has 0 spiro atoms. The highest BCUT2D eigenvalue weighted by molar-refractivity contribution is 9.10. The van der Waals surface area contributed by atoms with Crippen LogP contribution in [0.3, 0.4) is 0 Å². The lowest BCUT2D eigenvalue weighted by molar-refractivity contribution is -0.137. The number of carbonyl (C=O) groups is 1. The predicted octanol–water partition coefficient (Wildman–Crippen LogP) is 5.02. The number of alkyl halides is 3. The van der Waals surface area contributed by atoms with Gasteiger partial charge >= 0.3 is 6.18 Å². The van der Waals surface area contributed by atoms with Gasteiger partial charge in [-0.3, -0.25) is 4.79 Å². The van der Waals surface area contributed by atoms with Crippen LogP contribution in [0.15, 0.2) is 52.5 Å². The fourth-order valence-corrected chi connectivity index (χ4v) is 2.47. The molecule has 2 aromatic rings. The summed E-state index contributed by atoms with van der Waals surface area (Å²) in [5.41, 5.74) is -0.768. The lowest BCUT2D eigenvalue weighted by atomic mass is 10.1. The van der Waals surface area contributed by atoms with Crippen LogP contribution in [-0.2, 0) is 11.0 Å². The van der Waals surface area contributed by atoms with Gasteiger partial charge < -0.3 is 10.1 Å². The number of hydrogen-bond donors (Lipinski definition) is 1. The second-order valence-electron chi connectivity index (χ2n) is 5.09. The number of nitrogens with zero attached hydrogens (tertiary/aromatic N) is 1. The van der Waals surface area contributed by atoms with Gasteiger partial charge in [0.1, 0.15) is 17.4 Å². The molecule has 1 amide bonds. The summed E-state index contributed by atoms with van der Waals surface area (Å²) in [6.45, 7) is 0. The fraction of sp³-hybridized carbons (Fsp3) is 0.111. The van der Waals surface area contributed by atoms with Gasteiger partial charge in [-0.2, -0.15) is 18.4 Å². The predicted molar refractivity (Wildman–Crippen MR) is 94.4 cm³/mol. The van der Waals surface area contributed by atoms with Crippen LogP contribution in [0.25, 0.3) is 6.08 Å². The highest BCUT2D eigenvalue weighted by atomic mass is 79.9.